The fourth-order valence-corrected chi connectivity index (χ4v) is 4.58. The highest BCUT2D eigenvalue weighted by molar-refractivity contribution is 5.92. The number of rotatable bonds is 5. The molecule has 2 heterocycles. The summed E-state index contributed by atoms with van der Waals surface area (Å²) < 4.78 is 5.28. The minimum Gasteiger partial charge on any atom is -0.360 e. The van der Waals surface area contributed by atoms with Crippen molar-refractivity contribution < 1.29 is 14.1 Å². The monoisotopic (exact) mass is 373 g/mol. The van der Waals surface area contributed by atoms with Crippen LogP contribution in [-0.4, -0.2) is 41.0 Å². The number of carbonyl (C=O) groups is 2. The van der Waals surface area contributed by atoms with Crippen LogP contribution in [0.4, 0.5) is 0 Å². The SMILES string of the molecule is CC(NC(=O)c1cc(C2CC2)on1)C1CCN(C(=O)C2CCCCC2)CC1. The molecule has 2 aliphatic carbocycles. The van der Waals surface area contributed by atoms with E-state index in [4.69, 9.17) is 4.52 Å². The van der Waals surface area contributed by atoms with Crippen molar-refractivity contribution in [1.82, 2.24) is 15.4 Å². The lowest BCUT2D eigenvalue weighted by Crippen LogP contribution is -2.47. The predicted octanol–water partition coefficient (Wildman–Crippen LogP) is 3.49. The number of likely N-dealkylation sites (tertiary alicyclic amines) is 1. The zero-order chi connectivity index (χ0) is 18.8. The average molecular weight is 373 g/mol. The fourth-order valence-electron chi connectivity index (χ4n) is 4.58. The summed E-state index contributed by atoms with van der Waals surface area (Å²) in [5.41, 5.74) is 0.383. The summed E-state index contributed by atoms with van der Waals surface area (Å²) in [4.78, 5) is 27.2. The van der Waals surface area contributed by atoms with Gasteiger partial charge in [0, 0.05) is 37.0 Å². The second kappa shape index (κ2) is 8.03. The highest BCUT2D eigenvalue weighted by atomic mass is 16.5. The van der Waals surface area contributed by atoms with Crippen LogP contribution in [0.15, 0.2) is 10.6 Å². The third kappa shape index (κ3) is 4.36. The Kier molecular flexibility index (Phi) is 5.50. The molecule has 1 aromatic rings. The summed E-state index contributed by atoms with van der Waals surface area (Å²) in [6.45, 7) is 3.69. The van der Waals surface area contributed by atoms with Crippen LogP contribution in [-0.2, 0) is 4.79 Å². The van der Waals surface area contributed by atoms with Gasteiger partial charge in [-0.05, 0) is 51.4 Å². The van der Waals surface area contributed by atoms with Gasteiger partial charge in [-0.2, -0.15) is 0 Å². The van der Waals surface area contributed by atoms with E-state index in [1.807, 2.05) is 0 Å². The Bertz CT molecular complexity index is 668. The summed E-state index contributed by atoms with van der Waals surface area (Å²) in [5.74, 6) is 2.16. The summed E-state index contributed by atoms with van der Waals surface area (Å²) in [6, 6.07) is 1.86. The second-order valence-electron chi connectivity index (χ2n) is 8.65. The Morgan fingerprint density at radius 1 is 1.11 bits per heavy atom. The molecule has 1 unspecified atom stereocenters. The Morgan fingerprint density at radius 3 is 2.48 bits per heavy atom. The summed E-state index contributed by atoms with van der Waals surface area (Å²) in [6.07, 6.45) is 9.95. The first-order valence-electron chi connectivity index (χ1n) is 10.7. The quantitative estimate of drug-likeness (QED) is 0.857. The number of carbonyl (C=O) groups excluding carboxylic acids is 2. The molecular weight excluding hydrogens is 342 g/mol. The Hall–Kier alpha value is -1.85. The molecule has 2 amide bonds. The highest BCUT2D eigenvalue weighted by Crippen LogP contribution is 2.40. The molecule has 4 rings (SSSR count). The van der Waals surface area contributed by atoms with E-state index in [0.29, 0.717) is 23.4 Å². The van der Waals surface area contributed by atoms with Crippen molar-refractivity contribution in [2.75, 3.05) is 13.1 Å². The smallest absolute Gasteiger partial charge is 0.273 e. The van der Waals surface area contributed by atoms with Crippen LogP contribution in [0.3, 0.4) is 0 Å². The van der Waals surface area contributed by atoms with Crippen LogP contribution in [0.5, 0.6) is 0 Å². The highest BCUT2D eigenvalue weighted by Gasteiger charge is 2.32. The van der Waals surface area contributed by atoms with E-state index in [0.717, 1.165) is 57.4 Å². The number of aromatic nitrogens is 1. The van der Waals surface area contributed by atoms with Crippen LogP contribution in [0.25, 0.3) is 0 Å². The van der Waals surface area contributed by atoms with Crippen LogP contribution < -0.4 is 5.32 Å². The van der Waals surface area contributed by atoms with Crippen molar-refractivity contribution in [2.24, 2.45) is 11.8 Å². The lowest BCUT2D eigenvalue weighted by atomic mass is 9.86. The standard InChI is InChI=1S/C21H31N3O3/c1-14(22-20(25)18-13-19(27-23-18)16-7-8-16)15-9-11-24(12-10-15)21(26)17-5-3-2-4-6-17/h13-17H,2-12H2,1H3,(H,22,25). The van der Waals surface area contributed by atoms with Gasteiger partial charge in [0.05, 0.1) is 0 Å². The molecule has 27 heavy (non-hydrogen) atoms. The van der Waals surface area contributed by atoms with E-state index < -0.39 is 0 Å². The molecule has 6 heteroatoms. The van der Waals surface area contributed by atoms with Crippen LogP contribution in [0.1, 0.15) is 86.9 Å². The predicted molar refractivity (Wildman–Crippen MR) is 101 cm³/mol. The first-order valence-corrected chi connectivity index (χ1v) is 10.7. The molecule has 1 N–H and O–H groups in total. The van der Waals surface area contributed by atoms with E-state index >= 15 is 0 Å². The number of amides is 2. The topological polar surface area (TPSA) is 75.4 Å². The van der Waals surface area contributed by atoms with Gasteiger partial charge in [0.2, 0.25) is 5.91 Å². The molecule has 1 atom stereocenters. The first-order chi connectivity index (χ1) is 13.1. The van der Waals surface area contributed by atoms with Gasteiger partial charge in [-0.25, -0.2) is 0 Å². The Balaban J connectivity index is 1.24. The number of hydrogen-bond donors (Lipinski definition) is 1. The molecule has 148 valence electrons. The van der Waals surface area contributed by atoms with Gasteiger partial charge in [0.1, 0.15) is 5.76 Å². The van der Waals surface area contributed by atoms with Crippen LogP contribution >= 0.6 is 0 Å². The zero-order valence-electron chi connectivity index (χ0n) is 16.3. The number of nitrogens with zero attached hydrogens (tertiary/aromatic N) is 2. The summed E-state index contributed by atoms with van der Waals surface area (Å²) in [7, 11) is 0. The molecule has 0 bridgehead atoms. The van der Waals surface area contributed by atoms with Gasteiger partial charge in [0.15, 0.2) is 5.69 Å². The van der Waals surface area contributed by atoms with Gasteiger partial charge < -0.3 is 14.7 Å². The van der Waals surface area contributed by atoms with Crippen LogP contribution in [0, 0.1) is 11.8 Å². The van der Waals surface area contributed by atoms with Gasteiger partial charge in [0.25, 0.3) is 5.91 Å². The van der Waals surface area contributed by atoms with Gasteiger partial charge >= 0.3 is 0 Å². The molecule has 1 saturated heterocycles. The molecule has 2 saturated carbocycles. The first kappa shape index (κ1) is 18.5. The molecule has 0 radical (unpaired) electrons. The maximum Gasteiger partial charge on any atom is 0.273 e. The zero-order valence-corrected chi connectivity index (χ0v) is 16.3. The molecule has 3 aliphatic rings. The molecule has 3 fully saturated rings. The lowest BCUT2D eigenvalue weighted by molar-refractivity contribution is -0.138. The van der Waals surface area contributed by atoms with Gasteiger partial charge in [-0.3, -0.25) is 9.59 Å². The lowest BCUT2D eigenvalue weighted by Gasteiger charge is -2.37. The van der Waals surface area contributed by atoms with Crippen molar-refractivity contribution in [3.8, 4) is 0 Å². The minimum atomic E-state index is -0.154. The molecule has 1 aromatic heterocycles. The minimum absolute atomic E-state index is 0.0745. The second-order valence-corrected chi connectivity index (χ2v) is 8.65. The van der Waals surface area contributed by atoms with E-state index in [2.05, 4.69) is 22.3 Å². The molecule has 1 aliphatic heterocycles. The Labute approximate surface area is 161 Å². The number of nitrogens with one attached hydrogen (secondary N) is 1. The normalized spacial score (nSPS) is 23.2. The largest absolute Gasteiger partial charge is 0.360 e. The Morgan fingerprint density at radius 2 is 1.81 bits per heavy atom. The third-order valence-electron chi connectivity index (χ3n) is 6.61. The average Bonchev–Trinajstić information content (AvgIpc) is 3.44. The van der Waals surface area contributed by atoms with Gasteiger partial charge in [-0.15, -0.1) is 0 Å². The van der Waals surface area contributed by atoms with Crippen molar-refractivity contribution in [2.45, 2.75) is 76.7 Å². The van der Waals surface area contributed by atoms with E-state index in [1.54, 1.807) is 6.07 Å². The molecule has 6 nitrogen and oxygen atoms in total. The molecular formula is C21H31N3O3. The maximum atomic E-state index is 12.7. The fraction of sp³-hybridized carbons (Fsp3) is 0.762. The number of hydrogen-bond acceptors (Lipinski definition) is 4. The van der Waals surface area contributed by atoms with Gasteiger partial charge in [-0.1, -0.05) is 24.4 Å². The van der Waals surface area contributed by atoms with Crippen LogP contribution in [0.2, 0.25) is 0 Å². The molecule has 0 aromatic carbocycles. The summed E-state index contributed by atoms with van der Waals surface area (Å²) in [5, 5.41) is 7.00. The van der Waals surface area contributed by atoms with Crippen molar-refractivity contribution >= 4 is 11.8 Å². The van der Waals surface area contributed by atoms with E-state index in [-0.39, 0.29) is 17.9 Å². The summed E-state index contributed by atoms with van der Waals surface area (Å²) >= 11 is 0. The number of piperidine rings is 1. The van der Waals surface area contributed by atoms with Crippen molar-refractivity contribution in [3.05, 3.63) is 17.5 Å². The van der Waals surface area contributed by atoms with Crippen molar-refractivity contribution in [3.63, 3.8) is 0 Å². The van der Waals surface area contributed by atoms with Crippen molar-refractivity contribution in [1.29, 1.82) is 0 Å². The van der Waals surface area contributed by atoms with E-state index in [9.17, 15) is 9.59 Å². The maximum absolute atomic E-state index is 12.7. The molecule has 0 spiro atoms. The third-order valence-corrected chi connectivity index (χ3v) is 6.61. The van der Waals surface area contributed by atoms with E-state index in [1.165, 1.54) is 19.3 Å².